The number of aromatic carboxylic acids is 1. The molecule has 1 unspecified atom stereocenters. The number of rotatable bonds is 6. The van der Waals surface area contributed by atoms with Gasteiger partial charge in [-0.05, 0) is 48.9 Å². The first kappa shape index (κ1) is 18.0. The van der Waals surface area contributed by atoms with Gasteiger partial charge in [-0.1, -0.05) is 30.3 Å². The Morgan fingerprint density at radius 1 is 1.19 bits per heavy atom. The first-order valence-electron chi connectivity index (χ1n) is 9.17. The molecule has 0 spiro atoms. The van der Waals surface area contributed by atoms with E-state index in [2.05, 4.69) is 10.2 Å². The monoisotopic (exact) mass is 386 g/mol. The fraction of sp³-hybridized carbons (Fsp3) is 0.400. The SMILES string of the molecule is O=C(O)c1sccc1NC(C(=O)O[C@H]1CN2CCC1CC2)c1ccccc1. The van der Waals surface area contributed by atoms with Crippen molar-refractivity contribution in [2.45, 2.75) is 25.0 Å². The lowest BCUT2D eigenvalue weighted by Gasteiger charge is -2.44. The highest BCUT2D eigenvalue weighted by molar-refractivity contribution is 7.12. The number of ether oxygens (including phenoxy) is 1. The molecular weight excluding hydrogens is 364 g/mol. The van der Waals surface area contributed by atoms with Crippen LogP contribution in [0.1, 0.15) is 34.1 Å². The standard InChI is InChI=1S/C20H22N2O4S/c23-19(24)18-15(8-11-27-18)21-17(14-4-2-1-3-5-14)20(25)26-16-12-22-9-6-13(16)7-10-22/h1-5,8,11,13,16-17,21H,6-7,9-10,12H2,(H,23,24)/t16-,17?/m0/s1. The molecule has 7 heteroatoms. The number of hydrogen-bond acceptors (Lipinski definition) is 6. The molecule has 0 amide bonds. The third kappa shape index (κ3) is 3.84. The summed E-state index contributed by atoms with van der Waals surface area (Å²) in [7, 11) is 0. The van der Waals surface area contributed by atoms with E-state index in [1.165, 1.54) is 0 Å². The number of nitrogens with zero attached hydrogens (tertiary/aromatic N) is 1. The molecule has 2 N–H and O–H groups in total. The fourth-order valence-corrected chi connectivity index (χ4v) is 4.62. The van der Waals surface area contributed by atoms with Crippen LogP contribution >= 0.6 is 11.3 Å². The van der Waals surface area contributed by atoms with Gasteiger partial charge in [0, 0.05) is 6.54 Å². The molecule has 142 valence electrons. The van der Waals surface area contributed by atoms with Crippen molar-refractivity contribution in [1.82, 2.24) is 4.90 Å². The number of carbonyl (C=O) groups is 2. The van der Waals surface area contributed by atoms with Crippen molar-refractivity contribution in [3.8, 4) is 0 Å². The second-order valence-corrected chi connectivity index (χ2v) is 7.99. The molecule has 3 fully saturated rings. The van der Waals surface area contributed by atoms with Gasteiger partial charge in [-0.2, -0.15) is 0 Å². The number of carboxylic acids is 1. The van der Waals surface area contributed by atoms with Gasteiger partial charge in [-0.25, -0.2) is 9.59 Å². The van der Waals surface area contributed by atoms with Crippen molar-refractivity contribution >= 4 is 29.0 Å². The van der Waals surface area contributed by atoms with Crippen molar-refractivity contribution in [3.05, 3.63) is 52.2 Å². The molecule has 1 aromatic heterocycles. The minimum absolute atomic E-state index is 0.0885. The number of anilines is 1. The van der Waals surface area contributed by atoms with Gasteiger partial charge in [-0.3, -0.25) is 4.90 Å². The molecule has 5 rings (SSSR count). The molecule has 6 nitrogen and oxygen atoms in total. The summed E-state index contributed by atoms with van der Waals surface area (Å²) in [4.78, 5) is 27.0. The number of piperidine rings is 3. The third-order valence-electron chi connectivity index (χ3n) is 5.39. The number of carbonyl (C=O) groups excluding carboxylic acids is 1. The Kier molecular flexibility index (Phi) is 5.13. The van der Waals surface area contributed by atoms with Crippen LogP contribution in [0.5, 0.6) is 0 Å². The van der Waals surface area contributed by atoms with Gasteiger partial charge in [0.25, 0.3) is 0 Å². The van der Waals surface area contributed by atoms with E-state index >= 15 is 0 Å². The second-order valence-electron chi connectivity index (χ2n) is 7.07. The van der Waals surface area contributed by atoms with E-state index < -0.39 is 12.0 Å². The molecule has 3 aliphatic rings. The predicted octanol–water partition coefficient (Wildman–Crippen LogP) is 3.24. The molecule has 0 radical (unpaired) electrons. The summed E-state index contributed by atoms with van der Waals surface area (Å²) in [5.41, 5.74) is 1.19. The highest BCUT2D eigenvalue weighted by Crippen LogP contribution is 2.32. The van der Waals surface area contributed by atoms with Crippen LogP contribution in [0.2, 0.25) is 0 Å². The summed E-state index contributed by atoms with van der Waals surface area (Å²) in [5.74, 6) is -0.946. The molecule has 4 heterocycles. The van der Waals surface area contributed by atoms with E-state index in [1.807, 2.05) is 30.3 Å². The summed E-state index contributed by atoms with van der Waals surface area (Å²) in [6.07, 6.45) is 2.04. The fourth-order valence-electron chi connectivity index (χ4n) is 3.93. The summed E-state index contributed by atoms with van der Waals surface area (Å²) in [6, 6.07) is 10.2. The first-order valence-corrected chi connectivity index (χ1v) is 10.0. The lowest BCUT2D eigenvalue weighted by atomic mass is 9.86. The Labute approximate surface area is 161 Å². The van der Waals surface area contributed by atoms with Crippen molar-refractivity contribution in [3.63, 3.8) is 0 Å². The minimum Gasteiger partial charge on any atom is -0.477 e. The van der Waals surface area contributed by atoms with Gasteiger partial charge >= 0.3 is 11.9 Å². The van der Waals surface area contributed by atoms with Crippen molar-refractivity contribution in [2.75, 3.05) is 25.0 Å². The second kappa shape index (κ2) is 7.70. The Morgan fingerprint density at radius 3 is 2.56 bits per heavy atom. The number of fused-ring (bicyclic) bond motifs is 3. The third-order valence-corrected chi connectivity index (χ3v) is 6.29. The van der Waals surface area contributed by atoms with E-state index in [0.29, 0.717) is 11.6 Å². The van der Waals surface area contributed by atoms with Crippen LogP contribution < -0.4 is 5.32 Å². The maximum atomic E-state index is 13.0. The van der Waals surface area contributed by atoms with Gasteiger partial charge in [0.1, 0.15) is 11.0 Å². The highest BCUT2D eigenvalue weighted by Gasteiger charge is 2.38. The van der Waals surface area contributed by atoms with Gasteiger partial charge in [-0.15, -0.1) is 11.3 Å². The van der Waals surface area contributed by atoms with E-state index in [-0.39, 0.29) is 17.0 Å². The molecule has 3 saturated heterocycles. The molecule has 0 saturated carbocycles. The minimum atomic E-state index is -1.01. The Hall–Kier alpha value is -2.38. The average Bonchev–Trinajstić information content (AvgIpc) is 3.16. The summed E-state index contributed by atoms with van der Waals surface area (Å²) < 4.78 is 5.90. The zero-order valence-corrected chi connectivity index (χ0v) is 15.7. The van der Waals surface area contributed by atoms with E-state index in [4.69, 9.17) is 4.74 Å². The van der Waals surface area contributed by atoms with Crippen LogP contribution in [0.15, 0.2) is 41.8 Å². The largest absolute Gasteiger partial charge is 0.477 e. The number of thiophene rings is 1. The van der Waals surface area contributed by atoms with Gasteiger partial charge in [0.15, 0.2) is 6.04 Å². The van der Waals surface area contributed by atoms with Crippen LogP contribution in [-0.2, 0) is 9.53 Å². The van der Waals surface area contributed by atoms with Crippen LogP contribution in [0.25, 0.3) is 0 Å². The first-order chi connectivity index (χ1) is 13.1. The number of carboxylic acid groups (broad SMARTS) is 1. The summed E-state index contributed by atoms with van der Waals surface area (Å²) in [5, 5.41) is 14.2. The van der Waals surface area contributed by atoms with E-state index in [1.54, 1.807) is 11.4 Å². The molecular formula is C20H22N2O4S. The average molecular weight is 386 g/mol. The van der Waals surface area contributed by atoms with Crippen molar-refractivity contribution < 1.29 is 19.4 Å². The maximum absolute atomic E-state index is 13.0. The van der Waals surface area contributed by atoms with Crippen molar-refractivity contribution in [1.29, 1.82) is 0 Å². The molecule has 27 heavy (non-hydrogen) atoms. The van der Waals surface area contributed by atoms with Gasteiger partial charge in [0.05, 0.1) is 5.69 Å². The van der Waals surface area contributed by atoms with E-state index in [0.717, 1.165) is 49.4 Å². The Morgan fingerprint density at radius 2 is 1.93 bits per heavy atom. The number of benzene rings is 1. The van der Waals surface area contributed by atoms with E-state index in [9.17, 15) is 14.7 Å². The van der Waals surface area contributed by atoms with Crippen LogP contribution in [0.4, 0.5) is 5.69 Å². The molecule has 2 bridgehead atoms. The smallest absolute Gasteiger partial charge is 0.348 e. The lowest BCUT2D eigenvalue weighted by molar-refractivity contribution is -0.159. The van der Waals surface area contributed by atoms with Crippen LogP contribution in [0, 0.1) is 5.92 Å². The van der Waals surface area contributed by atoms with Gasteiger partial charge in [0.2, 0.25) is 0 Å². The molecule has 3 aliphatic heterocycles. The van der Waals surface area contributed by atoms with Crippen molar-refractivity contribution in [2.24, 2.45) is 5.92 Å². The summed E-state index contributed by atoms with van der Waals surface area (Å²) in [6.45, 7) is 2.95. The molecule has 2 aromatic rings. The number of esters is 1. The van der Waals surface area contributed by atoms with Crippen LogP contribution in [-0.4, -0.2) is 47.7 Å². The molecule has 1 aromatic carbocycles. The Balaban J connectivity index is 1.55. The lowest BCUT2D eigenvalue weighted by Crippen LogP contribution is -2.52. The summed E-state index contributed by atoms with van der Waals surface area (Å²) >= 11 is 1.13. The molecule has 0 aliphatic carbocycles. The van der Waals surface area contributed by atoms with Crippen LogP contribution in [0.3, 0.4) is 0 Å². The van der Waals surface area contributed by atoms with Gasteiger partial charge < -0.3 is 15.2 Å². The Bertz CT molecular complexity index is 814. The highest BCUT2D eigenvalue weighted by atomic mass is 32.1. The quantitative estimate of drug-likeness (QED) is 0.742. The molecule has 2 atom stereocenters. The topological polar surface area (TPSA) is 78.9 Å². The predicted molar refractivity (Wildman–Crippen MR) is 103 cm³/mol. The maximum Gasteiger partial charge on any atom is 0.348 e. The number of hydrogen-bond donors (Lipinski definition) is 2. The zero-order valence-electron chi connectivity index (χ0n) is 14.8. The normalized spacial score (nSPS) is 25.0. The number of nitrogens with one attached hydrogen (secondary N) is 1. The zero-order chi connectivity index (χ0) is 18.8.